The van der Waals surface area contributed by atoms with Crippen molar-refractivity contribution < 1.29 is 19.1 Å². The molecule has 5 nitrogen and oxygen atoms in total. The second-order valence-corrected chi connectivity index (χ2v) is 17.9. The SMILES string of the molecule is CCCCCC(CCCCC)CCOC(=O)CCCCCCCCC(CCCCCCCCC(=O)OCCC(CCCCC)CCCCC)CN1CCCC1. The molecule has 1 rings (SSSR count). The van der Waals surface area contributed by atoms with Gasteiger partial charge in [0.2, 0.25) is 0 Å². The fourth-order valence-corrected chi connectivity index (χ4v) is 8.90. The Morgan fingerprint density at radius 1 is 0.400 bits per heavy atom. The molecule has 1 aliphatic heterocycles. The molecule has 0 atom stereocenters. The standard InChI is InChI=1S/C50H97NO4/c1-5-9-21-31-46(32-22-10-6-2)39-43-54-49(52)37-27-19-15-13-17-25-35-48(45-51-41-29-30-42-51)36-26-18-14-16-20-28-38-50(53)55-44-40-47(33-23-11-7-3)34-24-12-8-4/h46-48H,5-45H2,1-4H3. The fraction of sp³-hybridized carbons (Fsp3) is 0.960. The minimum Gasteiger partial charge on any atom is -0.466 e. The number of ether oxygens (including phenoxy) is 2. The van der Waals surface area contributed by atoms with Gasteiger partial charge in [0.1, 0.15) is 0 Å². The Morgan fingerprint density at radius 3 is 1.07 bits per heavy atom. The molecule has 0 radical (unpaired) electrons. The summed E-state index contributed by atoms with van der Waals surface area (Å²) in [5.41, 5.74) is 0. The Kier molecular flexibility index (Phi) is 37.5. The first-order valence-corrected chi connectivity index (χ1v) is 25.1. The third kappa shape index (κ3) is 33.6. The molecule has 1 heterocycles. The molecule has 1 saturated heterocycles. The Hall–Kier alpha value is -1.10. The number of carbonyl (C=O) groups excluding carboxylic acids is 2. The molecule has 326 valence electrons. The van der Waals surface area contributed by atoms with Gasteiger partial charge < -0.3 is 14.4 Å². The van der Waals surface area contributed by atoms with E-state index >= 15 is 0 Å². The van der Waals surface area contributed by atoms with E-state index in [0.717, 1.165) is 56.3 Å². The highest BCUT2D eigenvalue weighted by Crippen LogP contribution is 2.24. The zero-order valence-electron chi connectivity index (χ0n) is 37.8. The zero-order chi connectivity index (χ0) is 39.9. The maximum atomic E-state index is 12.4. The van der Waals surface area contributed by atoms with Crippen molar-refractivity contribution in [2.45, 2.75) is 259 Å². The topological polar surface area (TPSA) is 55.8 Å². The molecule has 1 aliphatic rings. The van der Waals surface area contributed by atoms with Crippen LogP contribution in [0.4, 0.5) is 0 Å². The Morgan fingerprint density at radius 2 is 0.709 bits per heavy atom. The van der Waals surface area contributed by atoms with Gasteiger partial charge in [-0.15, -0.1) is 0 Å². The molecule has 0 unspecified atom stereocenters. The van der Waals surface area contributed by atoms with E-state index in [2.05, 4.69) is 32.6 Å². The second kappa shape index (κ2) is 39.7. The number of hydrogen-bond acceptors (Lipinski definition) is 5. The lowest BCUT2D eigenvalue weighted by Gasteiger charge is -2.23. The largest absolute Gasteiger partial charge is 0.466 e. The third-order valence-electron chi connectivity index (χ3n) is 12.6. The normalized spacial score (nSPS) is 13.5. The lowest BCUT2D eigenvalue weighted by atomic mass is 9.92. The number of carbonyl (C=O) groups is 2. The van der Waals surface area contributed by atoms with Gasteiger partial charge in [0.15, 0.2) is 0 Å². The number of likely N-dealkylation sites (tertiary alicyclic amines) is 1. The van der Waals surface area contributed by atoms with Crippen LogP contribution in [0.1, 0.15) is 259 Å². The molecule has 0 aromatic rings. The summed E-state index contributed by atoms with van der Waals surface area (Å²) in [5.74, 6) is 2.35. The van der Waals surface area contributed by atoms with E-state index in [1.54, 1.807) is 0 Å². The number of rotatable bonds is 42. The average Bonchev–Trinajstić information content (AvgIpc) is 3.70. The maximum Gasteiger partial charge on any atom is 0.305 e. The van der Waals surface area contributed by atoms with E-state index < -0.39 is 0 Å². The Labute approximate surface area is 344 Å². The lowest BCUT2D eigenvalue weighted by Crippen LogP contribution is -2.26. The van der Waals surface area contributed by atoms with Crippen molar-refractivity contribution in [1.29, 1.82) is 0 Å². The zero-order valence-corrected chi connectivity index (χ0v) is 37.8. The number of esters is 2. The summed E-state index contributed by atoms with van der Waals surface area (Å²) in [4.78, 5) is 27.4. The second-order valence-electron chi connectivity index (χ2n) is 17.9. The van der Waals surface area contributed by atoms with Crippen molar-refractivity contribution in [3.8, 4) is 0 Å². The van der Waals surface area contributed by atoms with Crippen LogP contribution in [0.5, 0.6) is 0 Å². The molecule has 0 aromatic heterocycles. The smallest absolute Gasteiger partial charge is 0.305 e. The predicted octanol–water partition coefficient (Wildman–Crippen LogP) is 15.4. The van der Waals surface area contributed by atoms with Gasteiger partial charge in [-0.1, -0.05) is 195 Å². The van der Waals surface area contributed by atoms with Gasteiger partial charge in [0.25, 0.3) is 0 Å². The molecule has 1 fully saturated rings. The van der Waals surface area contributed by atoms with Crippen molar-refractivity contribution >= 4 is 11.9 Å². The monoisotopic (exact) mass is 776 g/mol. The van der Waals surface area contributed by atoms with Crippen LogP contribution in [-0.2, 0) is 19.1 Å². The van der Waals surface area contributed by atoms with E-state index in [4.69, 9.17) is 9.47 Å². The highest BCUT2D eigenvalue weighted by atomic mass is 16.5. The van der Waals surface area contributed by atoms with E-state index in [0.29, 0.717) is 26.1 Å². The van der Waals surface area contributed by atoms with Gasteiger partial charge in [0.05, 0.1) is 13.2 Å². The van der Waals surface area contributed by atoms with Crippen LogP contribution >= 0.6 is 0 Å². The minimum absolute atomic E-state index is 0.0235. The van der Waals surface area contributed by atoms with Gasteiger partial charge in [-0.3, -0.25) is 9.59 Å². The summed E-state index contributed by atoms with van der Waals surface area (Å²) in [6.45, 7) is 14.3. The predicted molar refractivity (Wildman–Crippen MR) is 238 cm³/mol. The Balaban J connectivity index is 2.12. The van der Waals surface area contributed by atoms with Crippen LogP contribution in [0.2, 0.25) is 0 Å². The molecule has 0 bridgehead atoms. The quantitative estimate of drug-likeness (QED) is 0.0456. The van der Waals surface area contributed by atoms with Crippen LogP contribution < -0.4 is 0 Å². The third-order valence-corrected chi connectivity index (χ3v) is 12.6. The van der Waals surface area contributed by atoms with Gasteiger partial charge in [0, 0.05) is 19.4 Å². The van der Waals surface area contributed by atoms with Gasteiger partial charge in [-0.05, 0) is 82.2 Å². The summed E-state index contributed by atoms with van der Waals surface area (Å²) in [7, 11) is 0. The number of hydrogen-bond donors (Lipinski definition) is 0. The maximum absolute atomic E-state index is 12.4. The van der Waals surface area contributed by atoms with Crippen molar-refractivity contribution in [1.82, 2.24) is 4.90 Å². The van der Waals surface area contributed by atoms with Gasteiger partial charge >= 0.3 is 11.9 Å². The molecule has 0 N–H and O–H groups in total. The molecule has 5 heteroatoms. The highest BCUT2D eigenvalue weighted by Gasteiger charge is 2.18. The first kappa shape index (κ1) is 51.9. The van der Waals surface area contributed by atoms with Crippen LogP contribution in [0, 0.1) is 17.8 Å². The van der Waals surface area contributed by atoms with Crippen molar-refractivity contribution in [3.05, 3.63) is 0 Å². The van der Waals surface area contributed by atoms with Crippen LogP contribution in [0.25, 0.3) is 0 Å². The lowest BCUT2D eigenvalue weighted by molar-refractivity contribution is -0.145. The molecular formula is C50H97NO4. The fourth-order valence-electron chi connectivity index (χ4n) is 8.90. The molecule has 0 saturated carbocycles. The van der Waals surface area contributed by atoms with Crippen LogP contribution in [0.3, 0.4) is 0 Å². The van der Waals surface area contributed by atoms with Gasteiger partial charge in [-0.25, -0.2) is 0 Å². The molecule has 0 spiro atoms. The first-order chi connectivity index (χ1) is 27.0. The number of unbranched alkanes of at least 4 members (excludes halogenated alkanes) is 18. The van der Waals surface area contributed by atoms with Crippen molar-refractivity contribution in [2.24, 2.45) is 17.8 Å². The summed E-state index contributed by atoms with van der Waals surface area (Å²) in [5, 5.41) is 0. The van der Waals surface area contributed by atoms with Crippen molar-refractivity contribution in [3.63, 3.8) is 0 Å². The molecule has 0 aliphatic carbocycles. The molecule has 0 aromatic carbocycles. The van der Waals surface area contributed by atoms with Gasteiger partial charge in [-0.2, -0.15) is 0 Å². The van der Waals surface area contributed by atoms with Crippen molar-refractivity contribution in [2.75, 3.05) is 32.8 Å². The summed E-state index contributed by atoms with van der Waals surface area (Å²) < 4.78 is 11.3. The van der Waals surface area contributed by atoms with Crippen LogP contribution in [-0.4, -0.2) is 49.7 Å². The van der Waals surface area contributed by atoms with E-state index in [-0.39, 0.29) is 11.9 Å². The summed E-state index contributed by atoms with van der Waals surface area (Å²) >= 11 is 0. The minimum atomic E-state index is 0.0235. The molecule has 55 heavy (non-hydrogen) atoms. The van der Waals surface area contributed by atoms with E-state index in [9.17, 15) is 9.59 Å². The molecule has 0 amide bonds. The van der Waals surface area contributed by atoms with E-state index in [1.165, 1.54) is 199 Å². The van der Waals surface area contributed by atoms with Crippen LogP contribution in [0.15, 0.2) is 0 Å². The first-order valence-electron chi connectivity index (χ1n) is 25.1. The highest BCUT2D eigenvalue weighted by molar-refractivity contribution is 5.69. The summed E-state index contributed by atoms with van der Waals surface area (Å²) in [6.07, 6.45) is 44.5. The Bertz CT molecular complexity index is 749. The average molecular weight is 776 g/mol. The number of nitrogens with zero attached hydrogens (tertiary/aromatic N) is 1. The summed E-state index contributed by atoms with van der Waals surface area (Å²) in [6, 6.07) is 0. The van der Waals surface area contributed by atoms with E-state index in [1.807, 2.05) is 0 Å². The molecular weight excluding hydrogens is 679 g/mol.